The Labute approximate surface area is 116 Å². The maximum absolute atomic E-state index is 11.7. The average molecular weight is 301 g/mol. The van der Waals surface area contributed by atoms with Crippen molar-refractivity contribution in [2.75, 3.05) is 5.75 Å². The quantitative estimate of drug-likeness (QED) is 0.636. The van der Waals surface area contributed by atoms with E-state index in [0.29, 0.717) is 5.56 Å². The van der Waals surface area contributed by atoms with Crippen molar-refractivity contribution in [2.24, 2.45) is 0 Å². The Morgan fingerprint density at radius 1 is 1.30 bits per heavy atom. The molecule has 7 nitrogen and oxygen atoms in total. The van der Waals surface area contributed by atoms with Crippen LogP contribution in [0.5, 0.6) is 0 Å². The molecule has 0 heterocycles. The lowest BCUT2D eigenvalue weighted by molar-refractivity contribution is -0.141. The summed E-state index contributed by atoms with van der Waals surface area (Å²) >= 11 is 0. The zero-order valence-electron chi connectivity index (χ0n) is 10.7. The first-order chi connectivity index (χ1) is 9.19. The van der Waals surface area contributed by atoms with Crippen LogP contribution in [0.15, 0.2) is 24.3 Å². The molecule has 8 heteroatoms. The highest BCUT2D eigenvalue weighted by Gasteiger charge is 2.25. The van der Waals surface area contributed by atoms with Gasteiger partial charge in [-0.15, -0.1) is 0 Å². The molecule has 1 aromatic rings. The molecule has 3 N–H and O–H groups in total. The molecule has 20 heavy (non-hydrogen) atoms. The van der Waals surface area contributed by atoms with E-state index in [-0.39, 0.29) is 6.42 Å². The van der Waals surface area contributed by atoms with Crippen molar-refractivity contribution in [3.05, 3.63) is 35.4 Å². The zero-order valence-corrected chi connectivity index (χ0v) is 11.6. The van der Waals surface area contributed by atoms with Crippen LogP contribution in [-0.4, -0.2) is 41.7 Å². The number of aliphatic carboxylic acids is 1. The summed E-state index contributed by atoms with van der Waals surface area (Å²) in [4.78, 5) is 22.6. The summed E-state index contributed by atoms with van der Waals surface area (Å²) in [5.41, 5.74) is 1.57. The number of benzene rings is 1. The first kappa shape index (κ1) is 16.1. The fraction of sp³-hybridized carbons (Fsp3) is 0.333. The molecule has 0 aromatic heterocycles. The average Bonchev–Trinajstić information content (AvgIpc) is 2.29. The van der Waals surface area contributed by atoms with E-state index in [1.54, 1.807) is 31.2 Å². The summed E-state index contributed by atoms with van der Waals surface area (Å²) in [5.74, 6) is -3.22. The standard InChI is InChI=1S/C12H15NO6S/c1-8-4-2-3-5-9(8)6-11(14)13-10(12(15)16)7-20(17,18)19/h2-5,10H,6-7H2,1H3,(H,13,14)(H,15,16)(H,17,18,19)/t10-/m0/s1. The molecule has 0 spiro atoms. The van der Waals surface area contributed by atoms with Gasteiger partial charge < -0.3 is 10.4 Å². The Hall–Kier alpha value is -1.93. The molecule has 0 fully saturated rings. The fourth-order valence-electron chi connectivity index (χ4n) is 1.61. The minimum absolute atomic E-state index is 0.0675. The Morgan fingerprint density at radius 2 is 1.90 bits per heavy atom. The lowest BCUT2D eigenvalue weighted by atomic mass is 10.1. The minimum Gasteiger partial charge on any atom is -0.480 e. The van der Waals surface area contributed by atoms with Gasteiger partial charge in [-0.05, 0) is 18.1 Å². The predicted octanol–water partition coefficient (Wildman–Crippen LogP) is -0.00528. The topological polar surface area (TPSA) is 121 Å². The Bertz CT molecular complexity index is 610. The number of amides is 1. The molecule has 1 aromatic carbocycles. The lowest BCUT2D eigenvalue weighted by Gasteiger charge is -2.13. The number of nitrogens with one attached hydrogen (secondary N) is 1. The van der Waals surface area contributed by atoms with Crippen LogP contribution in [0.25, 0.3) is 0 Å². The van der Waals surface area contributed by atoms with Crippen molar-refractivity contribution in [1.82, 2.24) is 5.32 Å². The second-order valence-corrected chi connectivity index (χ2v) is 5.81. The Morgan fingerprint density at radius 3 is 2.40 bits per heavy atom. The van der Waals surface area contributed by atoms with Crippen molar-refractivity contribution in [3.8, 4) is 0 Å². The van der Waals surface area contributed by atoms with E-state index in [9.17, 15) is 18.0 Å². The van der Waals surface area contributed by atoms with Gasteiger partial charge in [0.15, 0.2) is 0 Å². The van der Waals surface area contributed by atoms with Gasteiger partial charge >= 0.3 is 5.97 Å². The van der Waals surface area contributed by atoms with E-state index in [1.807, 2.05) is 0 Å². The van der Waals surface area contributed by atoms with E-state index in [4.69, 9.17) is 9.66 Å². The molecule has 0 unspecified atom stereocenters. The van der Waals surface area contributed by atoms with Crippen molar-refractivity contribution >= 4 is 22.0 Å². The maximum atomic E-state index is 11.7. The van der Waals surface area contributed by atoms with E-state index < -0.39 is 33.8 Å². The predicted molar refractivity (Wildman–Crippen MR) is 70.9 cm³/mol. The van der Waals surface area contributed by atoms with Gasteiger partial charge in [0.05, 0.1) is 6.42 Å². The van der Waals surface area contributed by atoms with E-state index in [1.165, 1.54) is 0 Å². The number of aryl methyl sites for hydroxylation is 1. The number of hydrogen-bond acceptors (Lipinski definition) is 4. The molecule has 0 bridgehead atoms. The van der Waals surface area contributed by atoms with Crippen LogP contribution in [-0.2, 0) is 26.1 Å². The number of rotatable bonds is 6. The Kier molecular flexibility index (Phi) is 5.23. The van der Waals surface area contributed by atoms with Crippen LogP contribution in [0.3, 0.4) is 0 Å². The third kappa shape index (κ3) is 5.37. The molecule has 0 aliphatic heterocycles. The van der Waals surface area contributed by atoms with Crippen LogP contribution < -0.4 is 5.32 Å². The summed E-state index contributed by atoms with van der Waals surface area (Å²) in [6, 6.07) is 5.38. The van der Waals surface area contributed by atoms with Gasteiger partial charge in [0.1, 0.15) is 11.8 Å². The summed E-state index contributed by atoms with van der Waals surface area (Å²) < 4.78 is 30.0. The second-order valence-electron chi connectivity index (χ2n) is 4.31. The largest absolute Gasteiger partial charge is 0.480 e. The molecule has 1 atom stereocenters. The minimum atomic E-state index is -4.49. The normalized spacial score (nSPS) is 12.7. The van der Waals surface area contributed by atoms with Crippen LogP contribution in [0.4, 0.5) is 0 Å². The van der Waals surface area contributed by atoms with Crippen LogP contribution in [0, 0.1) is 6.92 Å². The smallest absolute Gasteiger partial charge is 0.327 e. The summed E-state index contributed by atoms with van der Waals surface area (Å²) in [6.45, 7) is 1.80. The van der Waals surface area contributed by atoms with E-state index in [0.717, 1.165) is 5.56 Å². The highest BCUT2D eigenvalue weighted by atomic mass is 32.2. The highest BCUT2D eigenvalue weighted by Crippen LogP contribution is 2.07. The zero-order chi connectivity index (χ0) is 15.3. The molecule has 0 saturated heterocycles. The number of carbonyl (C=O) groups is 2. The summed E-state index contributed by atoms with van der Waals surface area (Å²) in [7, 11) is -4.49. The van der Waals surface area contributed by atoms with Gasteiger partial charge in [0, 0.05) is 0 Å². The molecule has 1 amide bonds. The molecule has 0 aliphatic rings. The highest BCUT2D eigenvalue weighted by molar-refractivity contribution is 7.85. The van der Waals surface area contributed by atoms with Gasteiger partial charge in [0.25, 0.3) is 10.1 Å². The van der Waals surface area contributed by atoms with E-state index >= 15 is 0 Å². The van der Waals surface area contributed by atoms with Gasteiger partial charge in [-0.1, -0.05) is 24.3 Å². The second kappa shape index (κ2) is 6.49. The third-order valence-electron chi connectivity index (χ3n) is 2.62. The van der Waals surface area contributed by atoms with Crippen molar-refractivity contribution < 1.29 is 27.7 Å². The fourth-order valence-corrected chi connectivity index (χ4v) is 2.26. The molecule has 0 aliphatic carbocycles. The SMILES string of the molecule is Cc1ccccc1CC(=O)N[C@@H](CS(=O)(=O)O)C(=O)O. The first-order valence-corrected chi connectivity index (χ1v) is 7.32. The van der Waals surface area contributed by atoms with Crippen LogP contribution >= 0.6 is 0 Å². The summed E-state index contributed by atoms with van der Waals surface area (Å²) in [6.07, 6.45) is -0.0675. The Balaban J connectivity index is 2.73. The monoisotopic (exact) mass is 301 g/mol. The van der Waals surface area contributed by atoms with Crippen LogP contribution in [0.2, 0.25) is 0 Å². The van der Waals surface area contributed by atoms with Gasteiger partial charge in [-0.2, -0.15) is 8.42 Å². The lowest BCUT2D eigenvalue weighted by Crippen LogP contribution is -2.45. The first-order valence-electron chi connectivity index (χ1n) is 5.71. The van der Waals surface area contributed by atoms with Gasteiger partial charge in [-0.25, -0.2) is 4.79 Å². The van der Waals surface area contributed by atoms with Crippen molar-refractivity contribution in [1.29, 1.82) is 0 Å². The molecular weight excluding hydrogens is 286 g/mol. The molecule has 0 saturated carbocycles. The summed E-state index contributed by atoms with van der Waals surface area (Å²) in [5, 5.41) is 10.9. The maximum Gasteiger partial charge on any atom is 0.327 e. The molecular formula is C12H15NO6S. The van der Waals surface area contributed by atoms with Crippen molar-refractivity contribution in [3.63, 3.8) is 0 Å². The van der Waals surface area contributed by atoms with Gasteiger partial charge in [-0.3, -0.25) is 9.35 Å². The number of carbonyl (C=O) groups excluding carboxylic acids is 1. The number of hydrogen-bond donors (Lipinski definition) is 3. The number of carboxylic acids is 1. The van der Waals surface area contributed by atoms with Crippen molar-refractivity contribution in [2.45, 2.75) is 19.4 Å². The molecule has 0 radical (unpaired) electrons. The molecule has 110 valence electrons. The third-order valence-corrected chi connectivity index (χ3v) is 3.38. The van der Waals surface area contributed by atoms with Gasteiger partial charge in [0.2, 0.25) is 5.91 Å². The molecule has 1 rings (SSSR count). The number of carboxylic acid groups (broad SMARTS) is 1. The van der Waals surface area contributed by atoms with Crippen LogP contribution in [0.1, 0.15) is 11.1 Å². The van der Waals surface area contributed by atoms with E-state index in [2.05, 4.69) is 5.32 Å².